The molecule has 3 fully saturated rings. The molecule has 0 radical (unpaired) electrons. The van der Waals surface area contributed by atoms with Crippen LogP contribution in [-0.2, 0) is 24.6 Å². The number of benzene rings is 3. The van der Waals surface area contributed by atoms with Gasteiger partial charge in [0.15, 0.2) is 11.5 Å². The van der Waals surface area contributed by atoms with Gasteiger partial charge in [0.1, 0.15) is 5.75 Å². The number of imide groups is 4. The van der Waals surface area contributed by atoms with Crippen molar-refractivity contribution in [2.75, 3.05) is 19.6 Å². The van der Waals surface area contributed by atoms with Crippen molar-refractivity contribution >= 4 is 81.1 Å². The minimum atomic E-state index is -1.62. The number of likely N-dealkylation sites (tertiary alicyclic amines) is 1. The topological polar surface area (TPSA) is 169 Å². The molecule has 0 spiro atoms. The number of hydrazine groups is 1. The van der Waals surface area contributed by atoms with Crippen LogP contribution < -0.4 is 20.6 Å². The largest absolute Gasteiger partial charge is 0.504 e. The molecule has 0 aromatic heterocycles. The molecule has 15 heteroatoms. The van der Waals surface area contributed by atoms with Crippen LogP contribution in [0.25, 0.3) is 0 Å². The Morgan fingerprint density at radius 1 is 0.980 bits per heavy atom. The van der Waals surface area contributed by atoms with Crippen LogP contribution in [0, 0.1) is 27.2 Å². The van der Waals surface area contributed by atoms with E-state index in [0.29, 0.717) is 35.9 Å². The van der Waals surface area contributed by atoms with Gasteiger partial charge in [-0.3, -0.25) is 24.6 Å². The summed E-state index contributed by atoms with van der Waals surface area (Å²) in [5, 5.41) is 12.3. The molecule has 50 heavy (non-hydrogen) atoms. The number of nitrogens with zero attached hydrogens (tertiary/aromatic N) is 2. The van der Waals surface area contributed by atoms with E-state index in [0.717, 1.165) is 5.01 Å². The second-order valence-corrected chi connectivity index (χ2v) is 14.6. The highest BCUT2D eigenvalue weighted by atomic mass is 127. The van der Waals surface area contributed by atoms with Crippen molar-refractivity contribution in [3.8, 4) is 17.2 Å². The van der Waals surface area contributed by atoms with Gasteiger partial charge in [0.25, 0.3) is 11.8 Å². The normalized spacial score (nSPS) is 27.1. The van der Waals surface area contributed by atoms with Crippen molar-refractivity contribution in [1.29, 1.82) is 0 Å². The molecule has 258 valence electrons. The number of halogens is 3. The zero-order chi connectivity index (χ0) is 35.8. The third kappa shape index (κ3) is 4.88. The van der Waals surface area contributed by atoms with Crippen molar-refractivity contribution in [1.82, 2.24) is 9.91 Å². The molecule has 2 heterocycles. The zero-order valence-electron chi connectivity index (χ0n) is 26.5. The first kappa shape index (κ1) is 34.1. The van der Waals surface area contributed by atoms with Crippen molar-refractivity contribution < 1.29 is 38.6 Å². The third-order valence-corrected chi connectivity index (χ3v) is 11.8. The van der Waals surface area contributed by atoms with E-state index in [-0.39, 0.29) is 35.1 Å². The lowest BCUT2D eigenvalue weighted by Gasteiger charge is -2.50. The Labute approximate surface area is 309 Å². The number of methoxy groups -OCH3 is 2. The van der Waals surface area contributed by atoms with Crippen molar-refractivity contribution in [2.45, 2.75) is 24.2 Å². The van der Waals surface area contributed by atoms with Gasteiger partial charge in [-0.05, 0) is 94.9 Å². The average Bonchev–Trinajstić information content (AvgIpc) is 3.48. The molecular weight excluding hydrogens is 802 g/mol. The second kappa shape index (κ2) is 12.5. The molecule has 3 aromatic carbocycles. The molecule has 6 atom stereocenters. The first-order valence-corrected chi connectivity index (χ1v) is 17.4. The Hall–Kier alpha value is -4.34. The third-order valence-electron chi connectivity index (χ3n) is 10.4. The Kier molecular flexibility index (Phi) is 8.50. The molecule has 4 aliphatic rings. The molecule has 6 unspecified atom stereocenters. The number of primary amides is 1. The number of phenols is 1. The van der Waals surface area contributed by atoms with E-state index < -0.39 is 64.7 Å². The smallest absolute Gasteiger partial charge is 0.328 e. The number of rotatable bonds is 6. The highest BCUT2D eigenvalue weighted by molar-refractivity contribution is 14.1. The lowest BCUT2D eigenvalue weighted by Crippen LogP contribution is -2.53. The van der Waals surface area contributed by atoms with Gasteiger partial charge in [0.05, 0.1) is 51.7 Å². The summed E-state index contributed by atoms with van der Waals surface area (Å²) in [4.78, 5) is 70.0. The molecule has 4 N–H and O–H groups in total. The van der Waals surface area contributed by atoms with Gasteiger partial charge in [-0.25, -0.2) is 4.79 Å². The van der Waals surface area contributed by atoms with E-state index in [9.17, 15) is 24.3 Å². The fraction of sp³-hybridized carbons (Fsp3) is 0.286. The molecule has 7 rings (SSSR count). The number of anilines is 1. The first-order valence-electron chi connectivity index (χ1n) is 15.5. The Balaban J connectivity index is 1.50. The Bertz CT molecular complexity index is 2040. The lowest BCUT2D eigenvalue weighted by molar-refractivity contribution is -0.139. The monoisotopic (exact) mass is 830 g/mol. The number of nitrogens with one attached hydrogen (secondary N) is 1. The molecule has 3 aromatic rings. The maximum Gasteiger partial charge on any atom is 0.328 e. The Morgan fingerprint density at radius 2 is 1.70 bits per heavy atom. The van der Waals surface area contributed by atoms with E-state index in [1.807, 2.05) is 28.7 Å². The first-order chi connectivity index (χ1) is 23.8. The predicted molar refractivity (Wildman–Crippen MR) is 189 cm³/mol. The number of carbonyl (C=O) groups excluding carboxylic acids is 5. The molecular formula is C35H29Cl2IN4O8. The summed E-state index contributed by atoms with van der Waals surface area (Å²) in [5.74, 6) is -6.68. The number of aromatic hydroxyl groups is 1. The van der Waals surface area contributed by atoms with Gasteiger partial charge in [-0.1, -0.05) is 47.0 Å². The number of hydrogen-bond donors (Lipinski definition) is 3. The predicted octanol–water partition coefficient (Wildman–Crippen LogP) is 5.38. The summed E-state index contributed by atoms with van der Waals surface area (Å²) in [6.07, 6.45) is 1.93. The average molecular weight is 831 g/mol. The number of hydrogen-bond acceptors (Lipinski definition) is 9. The van der Waals surface area contributed by atoms with Gasteiger partial charge < -0.3 is 20.3 Å². The van der Waals surface area contributed by atoms with Gasteiger partial charge in [-0.15, -0.1) is 0 Å². The number of allylic oxidation sites excluding steroid dienone is 2. The van der Waals surface area contributed by atoms with Crippen LogP contribution >= 0.6 is 45.8 Å². The molecule has 2 aliphatic carbocycles. The van der Waals surface area contributed by atoms with E-state index in [2.05, 4.69) is 5.43 Å². The van der Waals surface area contributed by atoms with E-state index >= 15 is 4.79 Å². The van der Waals surface area contributed by atoms with Crippen LogP contribution in [0.5, 0.6) is 17.2 Å². The van der Waals surface area contributed by atoms with E-state index in [1.165, 1.54) is 20.3 Å². The maximum absolute atomic E-state index is 15.3. The minimum Gasteiger partial charge on any atom is -0.504 e. The standard InChI is InChI=1S/C35H29Cl2IN4O8/c1-49-18-6-3-16(4-7-18)35-22(31(45)42(33(35)47)40-25-10-5-17(36)13-23(25)37)14-21-19(28(35)15-11-24(38)29(43)26(12-15)50-2)8-9-20-27(21)32(46)41(30(20)44)34(39)48/h3-8,10-13,20-22,27-28,40,43H,9,14H2,1-2H3,(H2,39,48). The number of amides is 6. The van der Waals surface area contributed by atoms with Crippen LogP contribution in [0.3, 0.4) is 0 Å². The SMILES string of the molecule is COc1ccc(C23C(=O)N(Nc4ccc(Cl)cc4Cl)C(=O)C2CC2C(=CCC4C(=O)N(C(N)=O)C(=O)C42)C3c2cc(I)c(O)c(OC)c2)cc1. The number of urea groups is 1. The zero-order valence-corrected chi connectivity index (χ0v) is 30.2. The van der Waals surface area contributed by atoms with Gasteiger partial charge in [-0.2, -0.15) is 9.91 Å². The van der Waals surface area contributed by atoms with Crippen LogP contribution in [0.2, 0.25) is 10.0 Å². The second-order valence-electron chi connectivity index (χ2n) is 12.6. The molecule has 1 saturated carbocycles. The quantitative estimate of drug-likeness (QED) is 0.168. The van der Waals surface area contributed by atoms with E-state index in [1.54, 1.807) is 48.5 Å². The van der Waals surface area contributed by atoms with Crippen molar-refractivity contribution in [2.24, 2.45) is 29.4 Å². The maximum atomic E-state index is 15.3. The summed E-state index contributed by atoms with van der Waals surface area (Å²) in [7, 11) is 2.91. The Morgan fingerprint density at radius 3 is 2.34 bits per heavy atom. The van der Waals surface area contributed by atoms with Gasteiger partial charge in [0.2, 0.25) is 11.8 Å². The number of nitrogens with two attached hydrogens (primary N) is 1. The fourth-order valence-electron chi connectivity index (χ4n) is 8.35. The molecule has 6 amide bonds. The number of ether oxygens (including phenoxy) is 2. The summed E-state index contributed by atoms with van der Waals surface area (Å²) in [6, 6.07) is 13.6. The van der Waals surface area contributed by atoms with Crippen molar-refractivity contribution in [3.05, 3.63) is 91.0 Å². The van der Waals surface area contributed by atoms with Crippen molar-refractivity contribution in [3.63, 3.8) is 0 Å². The summed E-state index contributed by atoms with van der Waals surface area (Å²) in [6.45, 7) is 0. The molecule has 2 saturated heterocycles. The minimum absolute atomic E-state index is 0.00936. The highest BCUT2D eigenvalue weighted by Crippen LogP contribution is 2.64. The summed E-state index contributed by atoms with van der Waals surface area (Å²) in [5.41, 5.74) is 8.71. The fourth-order valence-corrected chi connectivity index (χ4v) is 9.43. The number of fused-ring (bicyclic) bond motifs is 4. The highest BCUT2D eigenvalue weighted by Gasteiger charge is 2.70. The van der Waals surface area contributed by atoms with Crippen LogP contribution in [0.4, 0.5) is 10.5 Å². The van der Waals surface area contributed by atoms with Crippen LogP contribution in [-0.4, -0.2) is 58.9 Å². The summed E-state index contributed by atoms with van der Waals surface area (Å²) < 4.78 is 11.4. The number of phenolic OH excluding ortho intramolecular Hbond substituents is 1. The lowest BCUT2D eigenvalue weighted by atomic mass is 9.49. The summed E-state index contributed by atoms with van der Waals surface area (Å²) >= 11 is 14.6. The van der Waals surface area contributed by atoms with Crippen LogP contribution in [0.1, 0.15) is 29.9 Å². The van der Waals surface area contributed by atoms with Gasteiger partial charge >= 0.3 is 6.03 Å². The van der Waals surface area contributed by atoms with Gasteiger partial charge in [0, 0.05) is 10.9 Å². The number of carbonyl (C=O) groups is 5. The molecule has 2 aliphatic heterocycles. The molecule has 0 bridgehead atoms. The van der Waals surface area contributed by atoms with E-state index in [4.69, 9.17) is 38.4 Å². The molecule has 12 nitrogen and oxygen atoms in total. The van der Waals surface area contributed by atoms with Crippen LogP contribution in [0.15, 0.2) is 66.2 Å².